The fraction of sp³-hybridized carbons (Fsp3) is 0.417. The number of hydrogen-bond donors (Lipinski definition) is 2. The van der Waals surface area contributed by atoms with Gasteiger partial charge in [-0.1, -0.05) is 30.7 Å². The molecule has 3 nitrogen and oxygen atoms in total. The zero-order valence-electron chi connectivity index (χ0n) is 9.84. The SMILES string of the molecule is CCN(CCC(=N)N)Cc1cccc(F)c1Cl. The summed E-state index contributed by atoms with van der Waals surface area (Å²) in [5, 5.41) is 7.36. The third-order valence-corrected chi connectivity index (χ3v) is 2.99. The summed E-state index contributed by atoms with van der Waals surface area (Å²) < 4.78 is 13.2. The zero-order chi connectivity index (χ0) is 12.8. The minimum absolute atomic E-state index is 0.161. The van der Waals surface area contributed by atoms with Gasteiger partial charge < -0.3 is 5.73 Å². The smallest absolute Gasteiger partial charge is 0.142 e. The molecular weight excluding hydrogens is 241 g/mol. The molecule has 1 aromatic rings. The van der Waals surface area contributed by atoms with Gasteiger partial charge in [-0.2, -0.15) is 0 Å². The van der Waals surface area contributed by atoms with Crippen molar-refractivity contribution in [2.24, 2.45) is 5.73 Å². The highest BCUT2D eigenvalue weighted by atomic mass is 35.5. The van der Waals surface area contributed by atoms with Crippen LogP contribution in [-0.2, 0) is 6.54 Å². The van der Waals surface area contributed by atoms with E-state index in [9.17, 15) is 4.39 Å². The molecule has 1 aromatic carbocycles. The molecule has 0 aliphatic rings. The van der Waals surface area contributed by atoms with Crippen molar-refractivity contribution >= 4 is 17.4 Å². The lowest BCUT2D eigenvalue weighted by Gasteiger charge is -2.20. The van der Waals surface area contributed by atoms with Crippen LogP contribution in [0.15, 0.2) is 18.2 Å². The lowest BCUT2D eigenvalue weighted by atomic mass is 10.2. The molecule has 0 bridgehead atoms. The van der Waals surface area contributed by atoms with E-state index in [2.05, 4.69) is 4.90 Å². The molecule has 0 aromatic heterocycles. The van der Waals surface area contributed by atoms with Gasteiger partial charge in [0.2, 0.25) is 0 Å². The molecule has 5 heteroatoms. The van der Waals surface area contributed by atoms with Gasteiger partial charge in [0, 0.05) is 19.5 Å². The fourth-order valence-electron chi connectivity index (χ4n) is 1.54. The first-order chi connectivity index (χ1) is 8.04. The molecule has 0 aliphatic heterocycles. The monoisotopic (exact) mass is 257 g/mol. The maximum atomic E-state index is 13.2. The van der Waals surface area contributed by atoms with E-state index in [1.807, 2.05) is 13.0 Å². The Balaban J connectivity index is 2.67. The Morgan fingerprint density at radius 3 is 2.82 bits per heavy atom. The lowest BCUT2D eigenvalue weighted by Crippen LogP contribution is -2.27. The van der Waals surface area contributed by atoms with E-state index < -0.39 is 5.82 Å². The van der Waals surface area contributed by atoms with E-state index in [0.717, 1.165) is 12.1 Å². The Labute approximate surface area is 106 Å². The van der Waals surface area contributed by atoms with Gasteiger partial charge in [0.1, 0.15) is 5.82 Å². The molecule has 0 atom stereocenters. The van der Waals surface area contributed by atoms with E-state index in [0.29, 0.717) is 19.5 Å². The van der Waals surface area contributed by atoms with Crippen LogP contribution in [0.3, 0.4) is 0 Å². The van der Waals surface area contributed by atoms with Crippen LogP contribution in [-0.4, -0.2) is 23.8 Å². The molecule has 3 N–H and O–H groups in total. The van der Waals surface area contributed by atoms with E-state index in [1.54, 1.807) is 6.07 Å². The van der Waals surface area contributed by atoms with E-state index in [4.69, 9.17) is 22.7 Å². The largest absolute Gasteiger partial charge is 0.388 e. The summed E-state index contributed by atoms with van der Waals surface area (Å²) in [6.45, 7) is 4.06. The number of amidine groups is 1. The van der Waals surface area contributed by atoms with Crippen molar-refractivity contribution in [2.75, 3.05) is 13.1 Å². The Morgan fingerprint density at radius 1 is 1.53 bits per heavy atom. The van der Waals surface area contributed by atoms with Gasteiger partial charge in [-0.25, -0.2) is 4.39 Å². The van der Waals surface area contributed by atoms with E-state index >= 15 is 0 Å². The van der Waals surface area contributed by atoms with E-state index in [1.165, 1.54) is 6.07 Å². The minimum atomic E-state index is -0.396. The van der Waals surface area contributed by atoms with Gasteiger partial charge >= 0.3 is 0 Å². The van der Waals surface area contributed by atoms with Gasteiger partial charge in [-0.05, 0) is 18.2 Å². The van der Waals surface area contributed by atoms with Crippen LogP contribution in [0.25, 0.3) is 0 Å². The highest BCUT2D eigenvalue weighted by Gasteiger charge is 2.09. The molecule has 0 unspecified atom stereocenters. The molecular formula is C12H17ClFN3. The normalized spacial score (nSPS) is 10.8. The summed E-state index contributed by atoms with van der Waals surface area (Å²) in [4.78, 5) is 2.07. The number of rotatable bonds is 6. The molecule has 94 valence electrons. The zero-order valence-corrected chi connectivity index (χ0v) is 10.6. The predicted octanol–water partition coefficient (Wildman–Crippen LogP) is 2.63. The molecule has 0 fully saturated rings. The van der Waals surface area contributed by atoms with Crippen molar-refractivity contribution in [3.8, 4) is 0 Å². The number of hydrogen-bond acceptors (Lipinski definition) is 2. The average molecular weight is 258 g/mol. The van der Waals surface area contributed by atoms with Crippen molar-refractivity contribution < 1.29 is 4.39 Å². The molecule has 0 saturated carbocycles. The van der Waals surface area contributed by atoms with Crippen LogP contribution < -0.4 is 5.73 Å². The molecule has 1 rings (SSSR count). The van der Waals surface area contributed by atoms with Crippen molar-refractivity contribution in [1.82, 2.24) is 4.90 Å². The summed E-state index contributed by atoms with van der Waals surface area (Å²) in [5.41, 5.74) is 6.07. The fourth-order valence-corrected chi connectivity index (χ4v) is 1.72. The van der Waals surface area contributed by atoms with Crippen molar-refractivity contribution in [2.45, 2.75) is 19.9 Å². The molecule has 0 radical (unpaired) electrons. The third kappa shape index (κ3) is 4.32. The Hall–Kier alpha value is -1.13. The first kappa shape index (κ1) is 13.9. The molecule has 0 amide bonds. The maximum Gasteiger partial charge on any atom is 0.142 e. The topological polar surface area (TPSA) is 53.1 Å². The van der Waals surface area contributed by atoms with Crippen LogP contribution >= 0.6 is 11.6 Å². The lowest BCUT2D eigenvalue weighted by molar-refractivity contribution is 0.288. The quantitative estimate of drug-likeness (QED) is 0.608. The second kappa shape index (κ2) is 6.57. The number of halogens is 2. The number of nitrogens with two attached hydrogens (primary N) is 1. The first-order valence-corrected chi connectivity index (χ1v) is 5.90. The van der Waals surface area contributed by atoms with Crippen LogP contribution in [0.4, 0.5) is 4.39 Å². The average Bonchev–Trinajstić information content (AvgIpc) is 2.29. The molecule has 17 heavy (non-hydrogen) atoms. The Bertz CT molecular complexity index is 395. The molecule has 0 heterocycles. The van der Waals surface area contributed by atoms with Gasteiger partial charge in [0.05, 0.1) is 10.9 Å². The standard InChI is InChI=1S/C12H17ClFN3/c1-2-17(7-6-11(15)16)8-9-4-3-5-10(14)12(9)13/h3-5H,2,6-8H2,1H3,(H3,15,16). The van der Waals surface area contributed by atoms with Gasteiger partial charge in [0.15, 0.2) is 0 Å². The first-order valence-electron chi connectivity index (χ1n) is 5.52. The summed E-state index contributed by atoms with van der Waals surface area (Å²) >= 11 is 5.89. The Kier molecular flexibility index (Phi) is 5.38. The molecule has 0 saturated heterocycles. The van der Waals surface area contributed by atoms with Gasteiger partial charge in [-0.15, -0.1) is 0 Å². The van der Waals surface area contributed by atoms with Gasteiger partial charge in [0.25, 0.3) is 0 Å². The minimum Gasteiger partial charge on any atom is -0.388 e. The van der Waals surface area contributed by atoms with Crippen LogP contribution in [0, 0.1) is 11.2 Å². The Morgan fingerprint density at radius 2 is 2.24 bits per heavy atom. The summed E-state index contributed by atoms with van der Waals surface area (Å²) in [5.74, 6) is -0.236. The second-order valence-electron chi connectivity index (χ2n) is 3.86. The predicted molar refractivity (Wildman–Crippen MR) is 68.9 cm³/mol. The number of nitrogens with zero attached hydrogens (tertiary/aromatic N) is 1. The van der Waals surface area contributed by atoms with Crippen molar-refractivity contribution in [1.29, 1.82) is 5.41 Å². The summed E-state index contributed by atoms with van der Waals surface area (Å²) in [7, 11) is 0. The van der Waals surface area contributed by atoms with Crippen LogP contribution in [0.5, 0.6) is 0 Å². The second-order valence-corrected chi connectivity index (χ2v) is 4.23. The number of nitrogens with one attached hydrogen (secondary N) is 1. The van der Waals surface area contributed by atoms with Gasteiger partial charge in [-0.3, -0.25) is 10.3 Å². The van der Waals surface area contributed by atoms with Crippen molar-refractivity contribution in [3.63, 3.8) is 0 Å². The highest BCUT2D eigenvalue weighted by molar-refractivity contribution is 6.31. The number of benzene rings is 1. The summed E-state index contributed by atoms with van der Waals surface area (Å²) in [6.07, 6.45) is 0.515. The molecule has 0 spiro atoms. The van der Waals surface area contributed by atoms with Crippen LogP contribution in [0.1, 0.15) is 18.9 Å². The maximum absolute atomic E-state index is 13.2. The van der Waals surface area contributed by atoms with E-state index in [-0.39, 0.29) is 10.9 Å². The highest BCUT2D eigenvalue weighted by Crippen LogP contribution is 2.21. The van der Waals surface area contributed by atoms with Crippen molar-refractivity contribution in [3.05, 3.63) is 34.6 Å². The molecule has 0 aliphatic carbocycles. The summed E-state index contributed by atoms with van der Waals surface area (Å²) in [6, 6.07) is 4.80. The van der Waals surface area contributed by atoms with Crippen LogP contribution in [0.2, 0.25) is 5.02 Å². The third-order valence-electron chi connectivity index (χ3n) is 2.57.